The minimum absolute atomic E-state index is 0.103. The van der Waals surface area contributed by atoms with E-state index >= 15 is 0 Å². The number of halogens is 1. The lowest BCUT2D eigenvalue weighted by molar-refractivity contribution is 0.101. The molecule has 0 aliphatic rings. The highest BCUT2D eigenvalue weighted by atomic mass is 32.2. The molecule has 1 rings (SSSR count). The number of hydrogen-bond acceptors (Lipinski definition) is 3. The Kier molecular flexibility index (Phi) is 5.66. The van der Waals surface area contributed by atoms with Crippen molar-refractivity contribution >= 4 is 23.2 Å². The van der Waals surface area contributed by atoms with Gasteiger partial charge in [-0.2, -0.15) is 11.8 Å². The Morgan fingerprint density at radius 1 is 1.50 bits per heavy atom. The first kappa shape index (κ1) is 15.0. The Balaban J connectivity index is 2.97. The molecule has 0 saturated carbocycles. The maximum atomic E-state index is 13.2. The Morgan fingerprint density at radius 2 is 2.17 bits per heavy atom. The van der Waals surface area contributed by atoms with Crippen molar-refractivity contribution < 1.29 is 9.18 Å². The highest BCUT2D eigenvalue weighted by Gasteiger charge is 2.16. The van der Waals surface area contributed by atoms with Gasteiger partial charge in [-0.05, 0) is 50.5 Å². The second-order valence-electron chi connectivity index (χ2n) is 4.46. The number of hydrogen-bond donors (Lipinski definition) is 0. The van der Waals surface area contributed by atoms with Crippen LogP contribution in [0.15, 0.2) is 18.2 Å². The summed E-state index contributed by atoms with van der Waals surface area (Å²) in [6.07, 6.45) is 3.11. The van der Waals surface area contributed by atoms with Gasteiger partial charge in [0.15, 0.2) is 5.78 Å². The zero-order valence-electron chi connectivity index (χ0n) is 11.4. The Morgan fingerprint density at radius 3 is 2.72 bits per heavy atom. The van der Waals surface area contributed by atoms with Gasteiger partial charge in [-0.1, -0.05) is 0 Å². The second kappa shape index (κ2) is 6.78. The summed E-state index contributed by atoms with van der Waals surface area (Å²) in [5.41, 5.74) is 1.26. The van der Waals surface area contributed by atoms with Gasteiger partial charge >= 0.3 is 0 Å². The maximum Gasteiger partial charge on any atom is 0.161 e. The topological polar surface area (TPSA) is 20.3 Å². The molecule has 0 aromatic heterocycles. The van der Waals surface area contributed by atoms with E-state index in [0.29, 0.717) is 11.6 Å². The SMILES string of the molecule is CSCCC(C)N(C)c1ccc(F)cc1C(C)=O. The molecule has 1 aromatic rings. The van der Waals surface area contributed by atoms with Crippen LogP contribution in [0.2, 0.25) is 0 Å². The molecule has 0 radical (unpaired) electrons. The first-order valence-corrected chi connectivity index (χ1v) is 7.39. The van der Waals surface area contributed by atoms with Crippen molar-refractivity contribution in [1.82, 2.24) is 0 Å². The summed E-state index contributed by atoms with van der Waals surface area (Å²) in [5, 5.41) is 0. The van der Waals surface area contributed by atoms with E-state index in [1.807, 2.05) is 11.9 Å². The number of nitrogens with zero attached hydrogens (tertiary/aromatic N) is 1. The first-order chi connectivity index (χ1) is 8.47. The van der Waals surface area contributed by atoms with Gasteiger partial charge in [-0.3, -0.25) is 4.79 Å². The van der Waals surface area contributed by atoms with Crippen molar-refractivity contribution in [2.24, 2.45) is 0 Å². The van der Waals surface area contributed by atoms with Gasteiger partial charge in [-0.25, -0.2) is 4.39 Å². The largest absolute Gasteiger partial charge is 0.371 e. The van der Waals surface area contributed by atoms with E-state index in [-0.39, 0.29) is 11.6 Å². The standard InChI is InChI=1S/C14H20FNOS/c1-10(7-8-18-4)16(3)14-6-5-12(15)9-13(14)11(2)17/h5-6,9-10H,7-8H2,1-4H3. The van der Waals surface area contributed by atoms with E-state index < -0.39 is 0 Å². The predicted molar refractivity (Wildman–Crippen MR) is 77.3 cm³/mol. The monoisotopic (exact) mass is 269 g/mol. The number of carbonyl (C=O) groups is 1. The Bertz CT molecular complexity index is 422. The van der Waals surface area contributed by atoms with Gasteiger partial charge in [0, 0.05) is 24.3 Å². The van der Waals surface area contributed by atoms with Crippen LogP contribution in [0.1, 0.15) is 30.6 Å². The fraction of sp³-hybridized carbons (Fsp3) is 0.500. The lowest BCUT2D eigenvalue weighted by atomic mass is 10.1. The third kappa shape index (κ3) is 3.73. The van der Waals surface area contributed by atoms with Gasteiger partial charge < -0.3 is 4.90 Å². The molecule has 4 heteroatoms. The zero-order chi connectivity index (χ0) is 13.7. The van der Waals surface area contributed by atoms with E-state index in [4.69, 9.17) is 0 Å². The number of anilines is 1. The molecule has 0 N–H and O–H groups in total. The van der Waals surface area contributed by atoms with Crippen molar-refractivity contribution in [3.05, 3.63) is 29.6 Å². The third-order valence-corrected chi connectivity index (χ3v) is 3.76. The van der Waals surface area contributed by atoms with Crippen molar-refractivity contribution in [2.75, 3.05) is 24.0 Å². The molecule has 0 spiro atoms. The smallest absolute Gasteiger partial charge is 0.161 e. The highest BCUT2D eigenvalue weighted by molar-refractivity contribution is 7.98. The van der Waals surface area contributed by atoms with E-state index in [0.717, 1.165) is 17.9 Å². The van der Waals surface area contributed by atoms with Crippen LogP contribution in [-0.4, -0.2) is 30.9 Å². The Labute approximate surface area is 113 Å². The molecule has 18 heavy (non-hydrogen) atoms. The summed E-state index contributed by atoms with van der Waals surface area (Å²) in [7, 11) is 1.95. The maximum absolute atomic E-state index is 13.2. The molecule has 0 bridgehead atoms. The minimum atomic E-state index is -0.367. The normalized spacial score (nSPS) is 12.3. The zero-order valence-corrected chi connectivity index (χ0v) is 12.2. The van der Waals surface area contributed by atoms with Crippen LogP contribution in [-0.2, 0) is 0 Å². The molecule has 1 atom stereocenters. The number of carbonyl (C=O) groups excluding carboxylic acids is 1. The van der Waals surface area contributed by atoms with Crippen molar-refractivity contribution in [3.63, 3.8) is 0 Å². The third-order valence-electron chi connectivity index (χ3n) is 3.12. The Hall–Kier alpha value is -1.03. The molecule has 1 aromatic carbocycles. The molecule has 0 aliphatic heterocycles. The minimum Gasteiger partial charge on any atom is -0.371 e. The van der Waals surface area contributed by atoms with Gasteiger partial charge in [0.2, 0.25) is 0 Å². The fourth-order valence-electron chi connectivity index (χ4n) is 1.82. The van der Waals surface area contributed by atoms with Crippen LogP contribution >= 0.6 is 11.8 Å². The summed E-state index contributed by atoms with van der Waals surface area (Å²) in [4.78, 5) is 13.6. The second-order valence-corrected chi connectivity index (χ2v) is 5.44. The number of ketones is 1. The lowest BCUT2D eigenvalue weighted by Crippen LogP contribution is -2.30. The number of thioether (sulfide) groups is 1. The summed E-state index contributed by atoms with van der Waals surface area (Å²) < 4.78 is 13.2. The lowest BCUT2D eigenvalue weighted by Gasteiger charge is -2.28. The van der Waals surface area contributed by atoms with E-state index in [1.165, 1.54) is 19.1 Å². The van der Waals surface area contributed by atoms with Gasteiger partial charge in [-0.15, -0.1) is 0 Å². The predicted octanol–water partition coefficient (Wildman–Crippen LogP) is 3.61. The van der Waals surface area contributed by atoms with Gasteiger partial charge in [0.05, 0.1) is 0 Å². The van der Waals surface area contributed by atoms with Crippen LogP contribution in [0.25, 0.3) is 0 Å². The quantitative estimate of drug-likeness (QED) is 0.736. The number of rotatable bonds is 6. The molecular weight excluding hydrogens is 249 g/mol. The van der Waals surface area contributed by atoms with Crippen LogP contribution < -0.4 is 4.90 Å². The van der Waals surface area contributed by atoms with Gasteiger partial charge in [0.25, 0.3) is 0 Å². The number of benzene rings is 1. The van der Waals surface area contributed by atoms with Gasteiger partial charge in [0.1, 0.15) is 5.82 Å². The van der Waals surface area contributed by atoms with Crippen molar-refractivity contribution in [1.29, 1.82) is 0 Å². The average molecular weight is 269 g/mol. The molecular formula is C14H20FNOS. The summed E-state index contributed by atoms with van der Waals surface area (Å²) in [6.45, 7) is 3.59. The fourth-order valence-corrected chi connectivity index (χ4v) is 2.39. The van der Waals surface area contributed by atoms with Crippen molar-refractivity contribution in [3.8, 4) is 0 Å². The number of Topliss-reactive ketones (excluding diaryl/α,β-unsaturated/α-hetero) is 1. The molecule has 2 nitrogen and oxygen atoms in total. The van der Waals surface area contributed by atoms with Crippen LogP contribution in [0.3, 0.4) is 0 Å². The molecule has 100 valence electrons. The van der Waals surface area contributed by atoms with Crippen LogP contribution in [0, 0.1) is 5.82 Å². The summed E-state index contributed by atoms with van der Waals surface area (Å²) in [5.74, 6) is 0.602. The van der Waals surface area contributed by atoms with Crippen LogP contribution in [0.4, 0.5) is 10.1 Å². The summed E-state index contributed by atoms with van der Waals surface area (Å²) in [6, 6.07) is 4.72. The summed E-state index contributed by atoms with van der Waals surface area (Å²) >= 11 is 1.80. The van der Waals surface area contributed by atoms with Crippen LogP contribution in [0.5, 0.6) is 0 Å². The van der Waals surface area contributed by atoms with E-state index in [2.05, 4.69) is 13.2 Å². The molecule has 0 heterocycles. The molecule has 0 saturated heterocycles. The average Bonchev–Trinajstić information content (AvgIpc) is 2.34. The van der Waals surface area contributed by atoms with E-state index in [1.54, 1.807) is 17.8 Å². The van der Waals surface area contributed by atoms with Crippen molar-refractivity contribution in [2.45, 2.75) is 26.3 Å². The van der Waals surface area contributed by atoms with E-state index in [9.17, 15) is 9.18 Å². The highest BCUT2D eigenvalue weighted by Crippen LogP contribution is 2.24. The molecule has 0 aliphatic carbocycles. The molecule has 0 amide bonds. The molecule has 0 fully saturated rings. The first-order valence-electron chi connectivity index (χ1n) is 5.99. The molecule has 1 unspecified atom stereocenters.